The molecule has 0 saturated carbocycles. The van der Waals surface area contributed by atoms with Crippen LogP contribution in [0.5, 0.6) is 0 Å². The molecule has 0 aliphatic carbocycles. The Hall–Kier alpha value is -1.12. The van der Waals surface area contributed by atoms with Gasteiger partial charge in [0.25, 0.3) is 0 Å². The van der Waals surface area contributed by atoms with Gasteiger partial charge in [-0.1, -0.05) is 30.3 Å². The van der Waals surface area contributed by atoms with Crippen molar-refractivity contribution >= 4 is 0 Å². The first-order chi connectivity index (χ1) is 7.86. The molecule has 1 heterocycles. The van der Waals surface area contributed by atoms with Crippen molar-refractivity contribution in [2.24, 2.45) is 0 Å². The zero-order valence-corrected chi connectivity index (χ0v) is 9.60. The van der Waals surface area contributed by atoms with E-state index in [0.717, 1.165) is 25.9 Å². The van der Waals surface area contributed by atoms with Gasteiger partial charge in [0.05, 0.1) is 12.6 Å². The molecule has 2 nitrogen and oxygen atoms in total. The topological polar surface area (TPSA) is 23.5 Å². The highest BCUT2D eigenvalue weighted by atomic mass is 16.3. The summed E-state index contributed by atoms with van der Waals surface area (Å²) in [7, 11) is 0. The lowest BCUT2D eigenvalue weighted by Gasteiger charge is -2.36. The minimum absolute atomic E-state index is 0.171. The highest BCUT2D eigenvalue weighted by Crippen LogP contribution is 2.29. The average molecular weight is 217 g/mol. The molecule has 1 unspecified atom stereocenters. The number of aliphatic hydroxyl groups is 1. The molecule has 0 amide bonds. The van der Waals surface area contributed by atoms with Crippen molar-refractivity contribution in [3.8, 4) is 0 Å². The highest BCUT2D eigenvalue weighted by Gasteiger charge is 2.25. The van der Waals surface area contributed by atoms with Gasteiger partial charge < -0.3 is 5.11 Å². The first-order valence-electron chi connectivity index (χ1n) is 5.90. The first kappa shape index (κ1) is 11.4. The van der Waals surface area contributed by atoms with Gasteiger partial charge in [-0.2, -0.15) is 0 Å². The molecule has 1 aliphatic rings. The van der Waals surface area contributed by atoms with Crippen molar-refractivity contribution in [3.63, 3.8) is 0 Å². The molecule has 1 atom stereocenters. The maximum Gasteiger partial charge on any atom is 0.0628 e. The lowest BCUT2D eigenvalue weighted by molar-refractivity contribution is 0.116. The summed E-state index contributed by atoms with van der Waals surface area (Å²) in [5.41, 5.74) is 2.68. The van der Waals surface area contributed by atoms with Crippen molar-refractivity contribution in [2.45, 2.75) is 18.9 Å². The van der Waals surface area contributed by atoms with Crippen LogP contribution < -0.4 is 0 Å². The van der Waals surface area contributed by atoms with Crippen LogP contribution in [-0.2, 0) is 6.42 Å². The van der Waals surface area contributed by atoms with Gasteiger partial charge in [0, 0.05) is 13.1 Å². The van der Waals surface area contributed by atoms with Crippen LogP contribution in [0.1, 0.15) is 23.6 Å². The summed E-state index contributed by atoms with van der Waals surface area (Å²) in [6, 6.07) is 8.61. The lowest BCUT2D eigenvalue weighted by atomic mass is 9.93. The lowest BCUT2D eigenvalue weighted by Crippen LogP contribution is -2.37. The largest absolute Gasteiger partial charge is 0.394 e. The first-order valence-corrected chi connectivity index (χ1v) is 5.90. The minimum atomic E-state index is 0.171. The van der Waals surface area contributed by atoms with E-state index >= 15 is 0 Å². The van der Waals surface area contributed by atoms with Crippen LogP contribution in [0.15, 0.2) is 36.9 Å². The molecule has 0 saturated heterocycles. The molecule has 0 spiro atoms. The molecular formula is C14H19NO. The van der Waals surface area contributed by atoms with E-state index in [9.17, 15) is 5.11 Å². The fraction of sp³-hybridized carbons (Fsp3) is 0.429. The number of hydrogen-bond donors (Lipinski definition) is 1. The number of hydrogen-bond acceptors (Lipinski definition) is 2. The Balaban J connectivity index is 2.19. The zero-order valence-electron chi connectivity index (χ0n) is 9.60. The van der Waals surface area contributed by atoms with E-state index in [1.54, 1.807) is 0 Å². The van der Waals surface area contributed by atoms with Gasteiger partial charge in [-0.25, -0.2) is 0 Å². The van der Waals surface area contributed by atoms with Gasteiger partial charge in [-0.15, -0.1) is 6.58 Å². The molecule has 0 aromatic heterocycles. The fourth-order valence-corrected chi connectivity index (χ4v) is 2.44. The summed E-state index contributed by atoms with van der Waals surface area (Å²) in [5.74, 6) is 0. The molecule has 1 aromatic rings. The monoisotopic (exact) mass is 217 g/mol. The van der Waals surface area contributed by atoms with Crippen LogP contribution in [0.25, 0.3) is 0 Å². The molecule has 0 fully saturated rings. The van der Waals surface area contributed by atoms with Gasteiger partial charge in [0.2, 0.25) is 0 Å². The van der Waals surface area contributed by atoms with Crippen molar-refractivity contribution in [3.05, 3.63) is 48.0 Å². The molecule has 2 heteroatoms. The maximum absolute atomic E-state index is 9.54. The SMILES string of the molecule is C=CCCN1CCc2ccccc2C1CO. The second-order valence-corrected chi connectivity index (χ2v) is 4.26. The van der Waals surface area contributed by atoms with Gasteiger partial charge in [0.1, 0.15) is 0 Å². The molecule has 86 valence electrons. The third-order valence-electron chi connectivity index (χ3n) is 3.32. The van der Waals surface area contributed by atoms with E-state index < -0.39 is 0 Å². The van der Waals surface area contributed by atoms with Gasteiger partial charge in [-0.3, -0.25) is 4.90 Å². The van der Waals surface area contributed by atoms with E-state index in [2.05, 4.69) is 35.7 Å². The summed E-state index contributed by atoms with van der Waals surface area (Å²) >= 11 is 0. The molecule has 0 bridgehead atoms. The van der Waals surface area contributed by atoms with Crippen LogP contribution in [-0.4, -0.2) is 29.7 Å². The van der Waals surface area contributed by atoms with E-state index in [1.165, 1.54) is 11.1 Å². The Kier molecular flexibility index (Phi) is 3.75. The van der Waals surface area contributed by atoms with Crippen LogP contribution >= 0.6 is 0 Å². The second-order valence-electron chi connectivity index (χ2n) is 4.26. The van der Waals surface area contributed by atoms with Crippen LogP contribution in [0.4, 0.5) is 0 Å². The standard InChI is InChI=1S/C14H19NO/c1-2-3-9-15-10-8-12-6-4-5-7-13(12)14(15)11-16/h2,4-7,14,16H,1,3,8-11H2. The molecular weight excluding hydrogens is 198 g/mol. The van der Waals surface area contributed by atoms with E-state index in [-0.39, 0.29) is 12.6 Å². The Labute approximate surface area is 97.2 Å². The third kappa shape index (κ3) is 2.18. The summed E-state index contributed by atoms with van der Waals surface area (Å²) in [6.07, 6.45) is 4.01. The van der Waals surface area contributed by atoms with Crippen molar-refractivity contribution in [1.82, 2.24) is 4.90 Å². The number of aliphatic hydroxyl groups excluding tert-OH is 1. The second kappa shape index (κ2) is 5.28. The van der Waals surface area contributed by atoms with Crippen LogP contribution in [0.2, 0.25) is 0 Å². The van der Waals surface area contributed by atoms with E-state index in [4.69, 9.17) is 0 Å². The fourth-order valence-electron chi connectivity index (χ4n) is 2.44. The highest BCUT2D eigenvalue weighted by molar-refractivity contribution is 5.32. The predicted octanol–water partition coefficient (Wildman–Crippen LogP) is 2.15. The van der Waals surface area contributed by atoms with E-state index in [0.29, 0.717) is 0 Å². The Bertz CT molecular complexity index is 362. The summed E-state index contributed by atoms with van der Waals surface area (Å²) in [5, 5.41) is 9.54. The maximum atomic E-state index is 9.54. The van der Waals surface area contributed by atoms with Gasteiger partial charge in [-0.05, 0) is 24.0 Å². The van der Waals surface area contributed by atoms with Crippen LogP contribution in [0.3, 0.4) is 0 Å². The molecule has 16 heavy (non-hydrogen) atoms. The summed E-state index contributed by atoms with van der Waals surface area (Å²) in [4.78, 5) is 2.35. The third-order valence-corrected chi connectivity index (χ3v) is 3.32. The molecule has 2 rings (SSSR count). The zero-order chi connectivity index (χ0) is 11.4. The predicted molar refractivity (Wildman–Crippen MR) is 66.4 cm³/mol. The Morgan fingerprint density at radius 2 is 2.25 bits per heavy atom. The van der Waals surface area contributed by atoms with Crippen molar-refractivity contribution in [2.75, 3.05) is 19.7 Å². The van der Waals surface area contributed by atoms with Crippen LogP contribution in [0, 0.1) is 0 Å². The number of rotatable bonds is 4. The number of nitrogens with zero attached hydrogens (tertiary/aromatic N) is 1. The van der Waals surface area contributed by atoms with Gasteiger partial charge in [0.15, 0.2) is 0 Å². The summed E-state index contributed by atoms with van der Waals surface area (Å²) in [6.45, 7) is 5.98. The molecule has 1 aromatic carbocycles. The van der Waals surface area contributed by atoms with Crippen molar-refractivity contribution < 1.29 is 5.11 Å². The molecule has 1 aliphatic heterocycles. The number of fused-ring (bicyclic) bond motifs is 1. The molecule has 1 N–H and O–H groups in total. The molecule has 0 radical (unpaired) electrons. The number of benzene rings is 1. The Morgan fingerprint density at radius 1 is 1.44 bits per heavy atom. The van der Waals surface area contributed by atoms with Crippen molar-refractivity contribution in [1.29, 1.82) is 0 Å². The summed E-state index contributed by atoms with van der Waals surface area (Å²) < 4.78 is 0. The quantitative estimate of drug-likeness (QED) is 0.781. The normalized spacial score (nSPS) is 20.4. The van der Waals surface area contributed by atoms with Gasteiger partial charge >= 0.3 is 0 Å². The Morgan fingerprint density at radius 3 is 3.00 bits per heavy atom. The van der Waals surface area contributed by atoms with E-state index in [1.807, 2.05) is 6.08 Å². The minimum Gasteiger partial charge on any atom is -0.394 e. The average Bonchev–Trinajstić information content (AvgIpc) is 2.35. The smallest absolute Gasteiger partial charge is 0.0628 e.